The Labute approximate surface area is 125 Å². The van der Waals surface area contributed by atoms with Crippen LogP contribution in [0.25, 0.3) is 0 Å². The summed E-state index contributed by atoms with van der Waals surface area (Å²) < 4.78 is 0. The summed E-state index contributed by atoms with van der Waals surface area (Å²) in [5.74, 6) is 0. The van der Waals surface area contributed by atoms with E-state index in [1.165, 1.54) is 5.56 Å². The second-order valence-corrected chi connectivity index (χ2v) is 5.22. The van der Waals surface area contributed by atoms with Gasteiger partial charge in [-0.05, 0) is 37.0 Å². The molecule has 21 heavy (non-hydrogen) atoms. The van der Waals surface area contributed by atoms with Gasteiger partial charge in [-0.1, -0.05) is 43.3 Å². The van der Waals surface area contributed by atoms with Crippen molar-refractivity contribution in [1.82, 2.24) is 0 Å². The molecular weight excluding hydrogens is 264 g/mol. The van der Waals surface area contributed by atoms with Gasteiger partial charge in [-0.25, -0.2) is 0 Å². The molecule has 0 aliphatic rings. The molecule has 0 radical (unpaired) electrons. The molecule has 0 heterocycles. The van der Waals surface area contributed by atoms with E-state index in [1.54, 1.807) is 12.1 Å². The van der Waals surface area contributed by atoms with Gasteiger partial charge in [-0.15, -0.1) is 0 Å². The van der Waals surface area contributed by atoms with Gasteiger partial charge in [0.1, 0.15) is 5.69 Å². The first-order valence-electron chi connectivity index (χ1n) is 7.15. The highest BCUT2D eigenvalue weighted by Crippen LogP contribution is 2.26. The summed E-state index contributed by atoms with van der Waals surface area (Å²) in [7, 11) is 0. The number of benzene rings is 2. The molecule has 1 unspecified atom stereocenters. The van der Waals surface area contributed by atoms with Crippen molar-refractivity contribution in [3.63, 3.8) is 0 Å². The van der Waals surface area contributed by atoms with E-state index in [4.69, 9.17) is 0 Å². The molecule has 0 bridgehead atoms. The molecule has 2 aromatic carbocycles. The van der Waals surface area contributed by atoms with Crippen LogP contribution in [-0.2, 0) is 6.42 Å². The zero-order valence-electron chi connectivity index (χ0n) is 12.4. The summed E-state index contributed by atoms with van der Waals surface area (Å²) in [4.78, 5) is 10.8. The highest BCUT2D eigenvalue weighted by atomic mass is 16.6. The highest BCUT2D eigenvalue weighted by Gasteiger charge is 2.16. The monoisotopic (exact) mass is 284 g/mol. The third-order valence-corrected chi connectivity index (χ3v) is 3.53. The fraction of sp³-hybridized carbons (Fsp3) is 0.294. The minimum atomic E-state index is -0.336. The van der Waals surface area contributed by atoms with Crippen molar-refractivity contribution >= 4 is 11.4 Å². The Bertz CT molecular complexity index is 611. The fourth-order valence-electron chi connectivity index (χ4n) is 2.34. The van der Waals surface area contributed by atoms with Gasteiger partial charge in [-0.3, -0.25) is 10.1 Å². The summed E-state index contributed by atoms with van der Waals surface area (Å²) in [5.41, 5.74) is 2.97. The number of rotatable bonds is 6. The van der Waals surface area contributed by atoms with Crippen LogP contribution >= 0.6 is 0 Å². The molecule has 0 aliphatic heterocycles. The van der Waals surface area contributed by atoms with E-state index in [-0.39, 0.29) is 16.7 Å². The fourth-order valence-corrected chi connectivity index (χ4v) is 2.34. The third kappa shape index (κ3) is 4.05. The van der Waals surface area contributed by atoms with Gasteiger partial charge < -0.3 is 5.32 Å². The molecule has 110 valence electrons. The second kappa shape index (κ2) is 6.88. The lowest BCUT2D eigenvalue weighted by atomic mass is 10.0. The van der Waals surface area contributed by atoms with E-state index in [0.717, 1.165) is 18.4 Å². The van der Waals surface area contributed by atoms with Gasteiger partial charge >= 0.3 is 0 Å². The molecule has 4 nitrogen and oxygen atoms in total. The Morgan fingerprint density at radius 3 is 2.52 bits per heavy atom. The number of nitrogens with one attached hydrogen (secondary N) is 1. The van der Waals surface area contributed by atoms with Gasteiger partial charge in [-0.2, -0.15) is 0 Å². The molecule has 0 fully saturated rings. The largest absolute Gasteiger partial charge is 0.376 e. The second-order valence-electron chi connectivity index (χ2n) is 5.22. The van der Waals surface area contributed by atoms with Gasteiger partial charge in [0.05, 0.1) is 4.92 Å². The minimum absolute atomic E-state index is 0.132. The molecule has 4 heteroatoms. The SMILES string of the molecule is CCC(Cc1ccccc1)Nc1cc(C)ccc1[N+](=O)[O-]. The predicted molar refractivity (Wildman–Crippen MR) is 85.7 cm³/mol. The lowest BCUT2D eigenvalue weighted by Crippen LogP contribution is -2.22. The average Bonchev–Trinajstić information content (AvgIpc) is 2.47. The Morgan fingerprint density at radius 2 is 1.90 bits per heavy atom. The Hall–Kier alpha value is -2.36. The van der Waals surface area contributed by atoms with Gasteiger partial charge in [0.25, 0.3) is 5.69 Å². The summed E-state index contributed by atoms with van der Waals surface area (Å²) >= 11 is 0. The number of anilines is 1. The number of nitro benzene ring substituents is 1. The summed E-state index contributed by atoms with van der Waals surface area (Å²) in [6, 6.07) is 15.5. The molecule has 0 saturated heterocycles. The van der Waals surface area contributed by atoms with Crippen LogP contribution in [-0.4, -0.2) is 11.0 Å². The quantitative estimate of drug-likeness (QED) is 0.634. The van der Waals surface area contributed by atoms with Crippen LogP contribution in [0.2, 0.25) is 0 Å². The van der Waals surface area contributed by atoms with Crippen LogP contribution in [0, 0.1) is 17.0 Å². The lowest BCUT2D eigenvalue weighted by molar-refractivity contribution is -0.384. The average molecular weight is 284 g/mol. The Balaban J connectivity index is 2.18. The number of hydrogen-bond donors (Lipinski definition) is 1. The molecule has 0 aromatic heterocycles. The van der Waals surface area contributed by atoms with Crippen molar-refractivity contribution in [2.45, 2.75) is 32.7 Å². The summed E-state index contributed by atoms with van der Waals surface area (Å²) in [6.45, 7) is 4.02. The van der Waals surface area contributed by atoms with Crippen molar-refractivity contribution in [3.8, 4) is 0 Å². The zero-order chi connectivity index (χ0) is 15.2. The van der Waals surface area contributed by atoms with Crippen LogP contribution < -0.4 is 5.32 Å². The normalized spacial score (nSPS) is 11.9. The standard InChI is InChI=1S/C17H20N2O2/c1-3-15(12-14-7-5-4-6-8-14)18-16-11-13(2)9-10-17(16)19(20)21/h4-11,15,18H,3,12H2,1-2H3. The Morgan fingerprint density at radius 1 is 1.19 bits per heavy atom. The molecule has 0 spiro atoms. The smallest absolute Gasteiger partial charge is 0.292 e. The van der Waals surface area contributed by atoms with Gasteiger partial charge in [0, 0.05) is 12.1 Å². The third-order valence-electron chi connectivity index (χ3n) is 3.53. The van der Waals surface area contributed by atoms with E-state index in [9.17, 15) is 10.1 Å². The van der Waals surface area contributed by atoms with E-state index < -0.39 is 0 Å². The van der Waals surface area contributed by atoms with Crippen LogP contribution in [0.15, 0.2) is 48.5 Å². The van der Waals surface area contributed by atoms with Gasteiger partial charge in [0.15, 0.2) is 0 Å². The first-order valence-corrected chi connectivity index (χ1v) is 7.15. The molecule has 1 atom stereocenters. The first-order chi connectivity index (χ1) is 10.1. The molecule has 2 aromatic rings. The van der Waals surface area contributed by atoms with Crippen molar-refractivity contribution in [2.75, 3.05) is 5.32 Å². The molecule has 0 aliphatic carbocycles. The van der Waals surface area contributed by atoms with Crippen molar-refractivity contribution < 1.29 is 4.92 Å². The maximum absolute atomic E-state index is 11.1. The van der Waals surface area contributed by atoms with E-state index in [2.05, 4.69) is 24.4 Å². The maximum Gasteiger partial charge on any atom is 0.292 e. The number of nitrogens with zero attached hydrogens (tertiary/aromatic N) is 1. The van der Waals surface area contributed by atoms with Crippen molar-refractivity contribution in [3.05, 3.63) is 69.8 Å². The van der Waals surface area contributed by atoms with Crippen LogP contribution in [0.5, 0.6) is 0 Å². The molecule has 2 rings (SSSR count). The summed E-state index contributed by atoms with van der Waals surface area (Å²) in [5, 5.41) is 14.5. The number of hydrogen-bond acceptors (Lipinski definition) is 3. The topological polar surface area (TPSA) is 55.2 Å². The maximum atomic E-state index is 11.1. The first kappa shape index (κ1) is 15.0. The van der Waals surface area contributed by atoms with Crippen LogP contribution in [0.4, 0.5) is 11.4 Å². The lowest BCUT2D eigenvalue weighted by Gasteiger charge is -2.18. The minimum Gasteiger partial charge on any atom is -0.376 e. The molecular formula is C17H20N2O2. The predicted octanol–water partition coefficient (Wildman–Crippen LogP) is 4.34. The molecule has 1 N–H and O–H groups in total. The van der Waals surface area contributed by atoms with Gasteiger partial charge in [0.2, 0.25) is 0 Å². The van der Waals surface area contributed by atoms with Crippen molar-refractivity contribution in [2.24, 2.45) is 0 Å². The van der Waals surface area contributed by atoms with Crippen LogP contribution in [0.3, 0.4) is 0 Å². The van der Waals surface area contributed by atoms with E-state index >= 15 is 0 Å². The Kier molecular flexibility index (Phi) is 4.93. The van der Waals surface area contributed by atoms with Crippen LogP contribution in [0.1, 0.15) is 24.5 Å². The zero-order valence-corrected chi connectivity index (χ0v) is 12.4. The number of nitro groups is 1. The van der Waals surface area contributed by atoms with E-state index in [1.807, 2.05) is 31.2 Å². The molecule has 0 amide bonds. The van der Waals surface area contributed by atoms with E-state index in [0.29, 0.717) is 5.69 Å². The molecule has 0 saturated carbocycles. The highest BCUT2D eigenvalue weighted by molar-refractivity contribution is 5.63. The van der Waals surface area contributed by atoms with Crippen molar-refractivity contribution in [1.29, 1.82) is 0 Å². The number of aryl methyl sites for hydroxylation is 1. The summed E-state index contributed by atoms with van der Waals surface area (Å²) in [6.07, 6.45) is 1.75.